The predicted molar refractivity (Wildman–Crippen MR) is 58.8 cm³/mol. The van der Waals surface area contributed by atoms with E-state index in [9.17, 15) is 5.11 Å². The lowest BCUT2D eigenvalue weighted by Gasteiger charge is -2.17. The van der Waals surface area contributed by atoms with Gasteiger partial charge in [0.15, 0.2) is 0 Å². The van der Waals surface area contributed by atoms with Crippen LogP contribution in [0.4, 0.5) is 5.69 Å². The molecule has 0 atom stereocenters. The number of anilines is 1. The van der Waals surface area contributed by atoms with Crippen LogP contribution in [0.5, 0.6) is 0 Å². The first-order valence-corrected chi connectivity index (χ1v) is 5.16. The van der Waals surface area contributed by atoms with Gasteiger partial charge in [0.05, 0.1) is 28.4 Å². The quantitative estimate of drug-likeness (QED) is 0.824. The number of nitriles is 1. The summed E-state index contributed by atoms with van der Waals surface area (Å²) in [4.78, 5) is 0. The Morgan fingerprint density at radius 3 is 2.80 bits per heavy atom. The SMILES string of the molecule is N#Cc1c(Cl)cccc1NC1(CO)CC1. The molecule has 0 bridgehead atoms. The van der Waals surface area contributed by atoms with Crippen molar-refractivity contribution in [2.24, 2.45) is 0 Å². The van der Waals surface area contributed by atoms with Crippen molar-refractivity contribution in [1.82, 2.24) is 0 Å². The molecule has 78 valence electrons. The highest BCUT2D eigenvalue weighted by molar-refractivity contribution is 6.32. The number of hydrogen-bond acceptors (Lipinski definition) is 3. The maximum absolute atomic E-state index is 9.17. The fourth-order valence-corrected chi connectivity index (χ4v) is 1.72. The minimum atomic E-state index is -0.226. The highest BCUT2D eigenvalue weighted by Crippen LogP contribution is 2.39. The molecule has 15 heavy (non-hydrogen) atoms. The normalized spacial score (nSPS) is 16.9. The molecule has 0 saturated heterocycles. The maximum atomic E-state index is 9.17. The lowest BCUT2D eigenvalue weighted by molar-refractivity contribution is 0.266. The molecule has 0 aliphatic heterocycles. The van der Waals surface area contributed by atoms with Crippen molar-refractivity contribution in [3.8, 4) is 6.07 Å². The second kappa shape index (κ2) is 3.73. The number of benzene rings is 1. The fourth-order valence-electron chi connectivity index (χ4n) is 1.50. The summed E-state index contributed by atoms with van der Waals surface area (Å²) in [5.41, 5.74) is 0.923. The Hall–Kier alpha value is -1.24. The van der Waals surface area contributed by atoms with Gasteiger partial charge in [0.2, 0.25) is 0 Å². The summed E-state index contributed by atoms with van der Waals surface area (Å²) < 4.78 is 0. The Kier molecular flexibility index (Phi) is 2.56. The molecule has 0 aromatic heterocycles. The number of nitrogens with zero attached hydrogens (tertiary/aromatic N) is 1. The average Bonchev–Trinajstić information content (AvgIpc) is 2.99. The second-order valence-electron chi connectivity index (χ2n) is 3.84. The number of aliphatic hydroxyl groups excluding tert-OH is 1. The molecular weight excluding hydrogens is 212 g/mol. The number of halogens is 1. The first-order chi connectivity index (χ1) is 7.21. The van der Waals surface area contributed by atoms with Crippen LogP contribution in [0.3, 0.4) is 0 Å². The van der Waals surface area contributed by atoms with Crippen molar-refractivity contribution in [1.29, 1.82) is 5.26 Å². The monoisotopic (exact) mass is 222 g/mol. The molecule has 1 aliphatic carbocycles. The second-order valence-corrected chi connectivity index (χ2v) is 4.24. The third-order valence-electron chi connectivity index (χ3n) is 2.68. The standard InChI is InChI=1S/C11H11ClN2O/c12-9-2-1-3-10(8(9)6-13)14-11(7-15)4-5-11/h1-3,14-15H,4-5,7H2. The Labute approximate surface area is 93.3 Å². The van der Waals surface area contributed by atoms with E-state index in [0.29, 0.717) is 16.3 Å². The van der Waals surface area contributed by atoms with Crippen LogP contribution < -0.4 is 5.32 Å². The van der Waals surface area contributed by atoms with E-state index < -0.39 is 0 Å². The van der Waals surface area contributed by atoms with E-state index in [1.165, 1.54) is 0 Å². The zero-order valence-electron chi connectivity index (χ0n) is 8.13. The van der Waals surface area contributed by atoms with Crippen molar-refractivity contribution in [3.05, 3.63) is 28.8 Å². The number of aliphatic hydroxyl groups is 1. The summed E-state index contributed by atoms with van der Waals surface area (Å²) >= 11 is 5.90. The van der Waals surface area contributed by atoms with E-state index in [1.54, 1.807) is 18.2 Å². The van der Waals surface area contributed by atoms with Gasteiger partial charge in [0.25, 0.3) is 0 Å². The molecule has 0 heterocycles. The van der Waals surface area contributed by atoms with E-state index in [2.05, 4.69) is 11.4 Å². The lowest BCUT2D eigenvalue weighted by atomic mass is 10.1. The van der Waals surface area contributed by atoms with Gasteiger partial charge in [-0.1, -0.05) is 17.7 Å². The fraction of sp³-hybridized carbons (Fsp3) is 0.364. The van der Waals surface area contributed by atoms with Gasteiger partial charge < -0.3 is 10.4 Å². The topological polar surface area (TPSA) is 56.0 Å². The number of hydrogen-bond donors (Lipinski definition) is 2. The predicted octanol–water partition coefficient (Wildman–Crippen LogP) is 2.15. The smallest absolute Gasteiger partial charge is 0.103 e. The Bertz CT molecular complexity index is 421. The maximum Gasteiger partial charge on any atom is 0.103 e. The molecule has 3 nitrogen and oxygen atoms in total. The molecular formula is C11H11ClN2O. The molecule has 1 fully saturated rings. The van der Waals surface area contributed by atoms with Gasteiger partial charge in [0.1, 0.15) is 6.07 Å². The zero-order valence-corrected chi connectivity index (χ0v) is 8.88. The Balaban J connectivity index is 2.29. The summed E-state index contributed by atoms with van der Waals surface area (Å²) in [7, 11) is 0. The molecule has 1 aromatic rings. The molecule has 2 rings (SSSR count). The van der Waals surface area contributed by atoms with Crippen molar-refractivity contribution in [3.63, 3.8) is 0 Å². The van der Waals surface area contributed by atoms with Gasteiger partial charge in [0, 0.05) is 0 Å². The van der Waals surface area contributed by atoms with Crippen LogP contribution in [0.2, 0.25) is 5.02 Å². The first kappa shape index (κ1) is 10.3. The van der Waals surface area contributed by atoms with Crippen molar-refractivity contribution < 1.29 is 5.11 Å². The van der Waals surface area contributed by atoms with E-state index in [1.807, 2.05) is 0 Å². The molecule has 0 radical (unpaired) electrons. The van der Waals surface area contributed by atoms with Crippen LogP contribution in [0, 0.1) is 11.3 Å². The zero-order chi connectivity index (χ0) is 10.9. The minimum absolute atomic E-state index is 0.0877. The van der Waals surface area contributed by atoms with Crippen LogP contribution >= 0.6 is 11.6 Å². The van der Waals surface area contributed by atoms with E-state index in [-0.39, 0.29) is 12.1 Å². The Morgan fingerprint density at radius 1 is 1.53 bits per heavy atom. The molecule has 2 N–H and O–H groups in total. The number of rotatable bonds is 3. The van der Waals surface area contributed by atoms with E-state index in [0.717, 1.165) is 12.8 Å². The van der Waals surface area contributed by atoms with Crippen LogP contribution in [0.15, 0.2) is 18.2 Å². The minimum Gasteiger partial charge on any atom is -0.394 e. The van der Waals surface area contributed by atoms with Crippen LogP contribution in [0.1, 0.15) is 18.4 Å². The average molecular weight is 223 g/mol. The molecule has 0 spiro atoms. The third kappa shape index (κ3) is 1.92. The lowest BCUT2D eigenvalue weighted by Crippen LogP contribution is -2.26. The first-order valence-electron chi connectivity index (χ1n) is 4.78. The molecule has 0 amide bonds. The summed E-state index contributed by atoms with van der Waals surface area (Å²) in [6, 6.07) is 7.34. The highest BCUT2D eigenvalue weighted by atomic mass is 35.5. The summed E-state index contributed by atoms with van der Waals surface area (Å²) in [5, 5.41) is 21.7. The molecule has 1 aromatic carbocycles. The van der Waals surface area contributed by atoms with Gasteiger partial charge in [-0.2, -0.15) is 5.26 Å². The van der Waals surface area contributed by atoms with Gasteiger partial charge in [-0.05, 0) is 25.0 Å². The Morgan fingerprint density at radius 2 is 2.27 bits per heavy atom. The summed E-state index contributed by atoms with van der Waals surface area (Å²) in [5.74, 6) is 0. The van der Waals surface area contributed by atoms with E-state index in [4.69, 9.17) is 16.9 Å². The molecule has 1 saturated carbocycles. The molecule has 4 heteroatoms. The summed E-state index contributed by atoms with van der Waals surface area (Å²) in [6.45, 7) is 0.0877. The van der Waals surface area contributed by atoms with Crippen molar-refractivity contribution in [2.45, 2.75) is 18.4 Å². The van der Waals surface area contributed by atoms with Crippen molar-refractivity contribution in [2.75, 3.05) is 11.9 Å². The number of nitrogens with one attached hydrogen (secondary N) is 1. The van der Waals surface area contributed by atoms with Crippen molar-refractivity contribution >= 4 is 17.3 Å². The van der Waals surface area contributed by atoms with E-state index >= 15 is 0 Å². The van der Waals surface area contributed by atoms with Gasteiger partial charge >= 0.3 is 0 Å². The van der Waals surface area contributed by atoms with Crippen LogP contribution in [-0.4, -0.2) is 17.3 Å². The highest BCUT2D eigenvalue weighted by Gasteiger charge is 2.42. The van der Waals surface area contributed by atoms with Crippen LogP contribution in [0.25, 0.3) is 0 Å². The van der Waals surface area contributed by atoms with Gasteiger partial charge in [-0.25, -0.2) is 0 Å². The van der Waals surface area contributed by atoms with Crippen LogP contribution in [-0.2, 0) is 0 Å². The molecule has 1 aliphatic rings. The van der Waals surface area contributed by atoms with Gasteiger partial charge in [-0.15, -0.1) is 0 Å². The molecule has 0 unspecified atom stereocenters. The largest absolute Gasteiger partial charge is 0.394 e. The third-order valence-corrected chi connectivity index (χ3v) is 3.00. The van der Waals surface area contributed by atoms with Gasteiger partial charge in [-0.3, -0.25) is 0 Å². The summed E-state index contributed by atoms with van der Waals surface area (Å²) in [6.07, 6.45) is 1.86.